The van der Waals surface area contributed by atoms with Crippen molar-refractivity contribution in [2.45, 2.75) is 68.8 Å². The molecule has 4 rings (SSSR count). The minimum Gasteiger partial charge on any atom is -0.353 e. The van der Waals surface area contributed by atoms with Crippen molar-refractivity contribution in [3.05, 3.63) is 52.0 Å². The van der Waals surface area contributed by atoms with Crippen LogP contribution in [0.4, 0.5) is 11.4 Å². The maximum atomic E-state index is 13.9. The summed E-state index contributed by atoms with van der Waals surface area (Å²) >= 11 is 12.5. The van der Waals surface area contributed by atoms with E-state index in [9.17, 15) is 18.0 Å². The summed E-state index contributed by atoms with van der Waals surface area (Å²) in [5.41, 5.74) is 1.04. The summed E-state index contributed by atoms with van der Waals surface area (Å²) < 4.78 is 28.8. The van der Waals surface area contributed by atoms with Gasteiger partial charge in [0.05, 0.1) is 22.8 Å². The number of hydrogen-bond donors (Lipinski definition) is 2. The summed E-state index contributed by atoms with van der Waals surface area (Å²) in [7, 11) is -4.31. The van der Waals surface area contributed by atoms with Crippen LogP contribution in [-0.2, 0) is 19.6 Å². The molecular formula is C24H27Cl2N3O4S. The minimum absolute atomic E-state index is 0.0161. The Kier molecular flexibility index (Phi) is 7.40. The number of rotatable bonds is 5. The van der Waals surface area contributed by atoms with Crippen molar-refractivity contribution < 1.29 is 18.0 Å². The SMILES string of the molecule is Cc1c(Cl)ccc(S(=O)(=O)N2c3ccccc3NC(=O)C2CC(=O)NC2CCCCCC2)c1Cl. The van der Waals surface area contributed by atoms with Gasteiger partial charge in [0.25, 0.3) is 10.0 Å². The topological polar surface area (TPSA) is 95.6 Å². The molecular weight excluding hydrogens is 497 g/mol. The number of nitrogens with zero attached hydrogens (tertiary/aromatic N) is 1. The molecule has 0 spiro atoms. The summed E-state index contributed by atoms with van der Waals surface area (Å²) in [6.07, 6.45) is 5.82. The third kappa shape index (κ3) is 4.90. The summed E-state index contributed by atoms with van der Waals surface area (Å²) in [5, 5.41) is 6.06. The van der Waals surface area contributed by atoms with Gasteiger partial charge < -0.3 is 10.6 Å². The molecule has 1 aliphatic heterocycles. The fraction of sp³-hybridized carbons (Fsp3) is 0.417. The predicted octanol–water partition coefficient (Wildman–Crippen LogP) is 5.05. The van der Waals surface area contributed by atoms with Gasteiger partial charge in [0.1, 0.15) is 10.9 Å². The Morgan fingerprint density at radius 2 is 1.76 bits per heavy atom. The lowest BCUT2D eigenvalue weighted by atomic mass is 10.1. The largest absolute Gasteiger partial charge is 0.353 e. The number of carbonyl (C=O) groups is 2. The second-order valence-electron chi connectivity index (χ2n) is 8.77. The Balaban J connectivity index is 1.71. The van der Waals surface area contributed by atoms with E-state index in [1.807, 2.05) is 0 Å². The highest BCUT2D eigenvalue weighted by molar-refractivity contribution is 7.93. The Labute approximate surface area is 209 Å². The number of nitrogens with one attached hydrogen (secondary N) is 2. The maximum Gasteiger partial charge on any atom is 0.266 e. The van der Waals surface area contributed by atoms with E-state index < -0.39 is 22.0 Å². The Morgan fingerprint density at radius 1 is 1.09 bits per heavy atom. The molecule has 182 valence electrons. The van der Waals surface area contributed by atoms with Crippen LogP contribution in [0.3, 0.4) is 0 Å². The Hall–Kier alpha value is -2.29. The van der Waals surface area contributed by atoms with Crippen molar-refractivity contribution >= 4 is 56.4 Å². The van der Waals surface area contributed by atoms with Crippen LogP contribution in [0.1, 0.15) is 50.5 Å². The molecule has 1 atom stereocenters. The first kappa shape index (κ1) is 24.8. The predicted molar refractivity (Wildman–Crippen MR) is 134 cm³/mol. The molecule has 1 fully saturated rings. The first-order chi connectivity index (χ1) is 16.2. The third-order valence-electron chi connectivity index (χ3n) is 6.41. The molecule has 1 heterocycles. The molecule has 0 bridgehead atoms. The number of hydrogen-bond acceptors (Lipinski definition) is 4. The zero-order chi connectivity index (χ0) is 24.5. The first-order valence-corrected chi connectivity index (χ1v) is 13.6. The average Bonchev–Trinajstić information content (AvgIpc) is 3.06. The Morgan fingerprint density at radius 3 is 2.47 bits per heavy atom. The number of carbonyl (C=O) groups excluding carboxylic acids is 2. The fourth-order valence-electron chi connectivity index (χ4n) is 4.56. The molecule has 2 N–H and O–H groups in total. The van der Waals surface area contributed by atoms with Gasteiger partial charge in [0.15, 0.2) is 0 Å². The highest BCUT2D eigenvalue weighted by atomic mass is 35.5. The molecule has 2 amide bonds. The number of amides is 2. The van der Waals surface area contributed by atoms with Gasteiger partial charge in [-0.05, 0) is 49.6 Å². The number of para-hydroxylation sites is 2. The van der Waals surface area contributed by atoms with E-state index in [1.54, 1.807) is 31.2 Å². The van der Waals surface area contributed by atoms with Crippen molar-refractivity contribution in [3.8, 4) is 0 Å². The van der Waals surface area contributed by atoms with Crippen LogP contribution in [0.5, 0.6) is 0 Å². The van der Waals surface area contributed by atoms with Crippen LogP contribution in [0.2, 0.25) is 10.0 Å². The van der Waals surface area contributed by atoms with Gasteiger partial charge >= 0.3 is 0 Å². The molecule has 1 saturated carbocycles. The Bertz CT molecular complexity index is 1210. The van der Waals surface area contributed by atoms with Crippen LogP contribution in [0.15, 0.2) is 41.3 Å². The van der Waals surface area contributed by atoms with Crippen molar-refractivity contribution in [2.75, 3.05) is 9.62 Å². The lowest BCUT2D eigenvalue weighted by molar-refractivity contribution is -0.125. The summed E-state index contributed by atoms with van der Waals surface area (Å²) in [4.78, 5) is 25.9. The summed E-state index contributed by atoms with van der Waals surface area (Å²) in [5.74, 6) is -0.926. The first-order valence-electron chi connectivity index (χ1n) is 11.4. The highest BCUT2D eigenvalue weighted by Crippen LogP contribution is 2.40. The molecule has 2 aromatic rings. The van der Waals surface area contributed by atoms with E-state index in [1.165, 1.54) is 12.1 Å². The fourth-order valence-corrected chi connectivity index (χ4v) is 6.98. The van der Waals surface area contributed by atoms with Crippen molar-refractivity contribution in [2.24, 2.45) is 0 Å². The molecule has 2 aromatic carbocycles. The molecule has 1 aliphatic carbocycles. The van der Waals surface area contributed by atoms with E-state index in [0.717, 1.165) is 42.8 Å². The number of anilines is 2. The van der Waals surface area contributed by atoms with Gasteiger partial charge in [-0.25, -0.2) is 8.42 Å². The van der Waals surface area contributed by atoms with Crippen LogP contribution in [-0.4, -0.2) is 32.3 Å². The van der Waals surface area contributed by atoms with Gasteiger partial charge in [-0.3, -0.25) is 13.9 Å². The number of benzene rings is 2. The highest BCUT2D eigenvalue weighted by Gasteiger charge is 2.43. The van der Waals surface area contributed by atoms with Gasteiger partial charge in [-0.1, -0.05) is 61.0 Å². The zero-order valence-corrected chi connectivity index (χ0v) is 21.1. The van der Waals surface area contributed by atoms with E-state index in [4.69, 9.17) is 23.2 Å². The molecule has 7 nitrogen and oxygen atoms in total. The van der Waals surface area contributed by atoms with Crippen molar-refractivity contribution in [1.82, 2.24) is 5.32 Å². The van der Waals surface area contributed by atoms with Crippen LogP contribution in [0.25, 0.3) is 0 Å². The van der Waals surface area contributed by atoms with Gasteiger partial charge in [0.2, 0.25) is 11.8 Å². The smallest absolute Gasteiger partial charge is 0.266 e. The summed E-state index contributed by atoms with van der Waals surface area (Å²) in [6, 6.07) is 8.14. The zero-order valence-electron chi connectivity index (χ0n) is 18.8. The van der Waals surface area contributed by atoms with Gasteiger partial charge in [0, 0.05) is 11.1 Å². The van der Waals surface area contributed by atoms with Crippen LogP contribution < -0.4 is 14.9 Å². The summed E-state index contributed by atoms with van der Waals surface area (Å²) in [6.45, 7) is 1.62. The second-order valence-corrected chi connectivity index (χ2v) is 11.3. The molecule has 0 saturated heterocycles. The monoisotopic (exact) mass is 523 g/mol. The normalized spacial score (nSPS) is 19.2. The molecule has 2 aliphatic rings. The van der Waals surface area contributed by atoms with Crippen molar-refractivity contribution in [3.63, 3.8) is 0 Å². The van der Waals surface area contributed by atoms with E-state index in [-0.39, 0.29) is 34.0 Å². The van der Waals surface area contributed by atoms with Crippen molar-refractivity contribution in [1.29, 1.82) is 0 Å². The van der Waals surface area contributed by atoms with E-state index >= 15 is 0 Å². The lowest BCUT2D eigenvalue weighted by Crippen LogP contribution is -2.53. The molecule has 10 heteroatoms. The number of fused-ring (bicyclic) bond motifs is 1. The van der Waals surface area contributed by atoms with Gasteiger partial charge in [-0.2, -0.15) is 0 Å². The minimum atomic E-state index is -4.31. The molecule has 0 aromatic heterocycles. The quantitative estimate of drug-likeness (QED) is 0.536. The van der Waals surface area contributed by atoms with Crippen LogP contribution >= 0.6 is 23.2 Å². The second kappa shape index (κ2) is 10.1. The maximum absolute atomic E-state index is 13.9. The third-order valence-corrected chi connectivity index (χ3v) is 9.28. The standard InChI is InChI=1S/C24H27Cl2N3O4S/c1-15-17(25)12-13-21(23(15)26)34(32,33)29-19-11-7-6-10-18(19)28-24(31)20(29)14-22(30)27-16-8-4-2-3-5-9-16/h6-7,10-13,16,20H,2-5,8-9,14H2,1H3,(H,27,30)(H,28,31). The molecule has 0 radical (unpaired) electrons. The average molecular weight is 524 g/mol. The number of halogens is 2. The van der Waals surface area contributed by atoms with E-state index in [0.29, 0.717) is 16.3 Å². The van der Waals surface area contributed by atoms with Crippen LogP contribution in [0, 0.1) is 6.92 Å². The number of sulfonamides is 1. The van der Waals surface area contributed by atoms with Gasteiger partial charge in [-0.15, -0.1) is 0 Å². The lowest BCUT2D eigenvalue weighted by Gasteiger charge is -2.37. The molecule has 34 heavy (non-hydrogen) atoms. The molecule has 1 unspecified atom stereocenters. The van der Waals surface area contributed by atoms with E-state index in [2.05, 4.69) is 10.6 Å².